The van der Waals surface area contributed by atoms with Crippen molar-refractivity contribution < 1.29 is 17.6 Å². The van der Waals surface area contributed by atoms with E-state index < -0.39 is 17.6 Å². The molecule has 0 aliphatic rings. The van der Waals surface area contributed by atoms with Gasteiger partial charge in [0.1, 0.15) is 11.6 Å². The van der Waals surface area contributed by atoms with Gasteiger partial charge in [-0.1, -0.05) is 11.8 Å². The molecule has 0 atom stereocenters. The molecule has 1 N–H and O–H groups in total. The van der Waals surface area contributed by atoms with Crippen LogP contribution >= 0.6 is 24.2 Å². The lowest BCUT2D eigenvalue weighted by Gasteiger charge is -2.12. The smallest absolute Gasteiger partial charge is 0.313 e. The maximum Gasteiger partial charge on any atom is 0.416 e. The predicted octanol–water partition coefficient (Wildman–Crippen LogP) is 3.41. The highest BCUT2D eigenvalue weighted by Gasteiger charge is 2.33. The van der Waals surface area contributed by atoms with Crippen LogP contribution in [0.25, 0.3) is 0 Å². The number of nitrogens with zero attached hydrogens (tertiary/aromatic N) is 3. The predicted molar refractivity (Wildman–Crippen MR) is 82.0 cm³/mol. The van der Waals surface area contributed by atoms with Gasteiger partial charge in [-0.3, -0.25) is 0 Å². The Morgan fingerprint density at radius 3 is 2.57 bits per heavy atom. The van der Waals surface area contributed by atoms with E-state index in [0.29, 0.717) is 17.5 Å². The number of rotatable bonds is 5. The Kier molecular flexibility index (Phi) is 6.84. The second-order valence-electron chi connectivity index (χ2n) is 4.58. The molecule has 0 bridgehead atoms. The Balaban J connectivity index is 0.00000264. The van der Waals surface area contributed by atoms with Crippen molar-refractivity contribution in [3.05, 3.63) is 41.0 Å². The highest BCUT2D eigenvalue weighted by molar-refractivity contribution is 7.98. The first-order valence-corrected chi connectivity index (χ1v) is 7.32. The zero-order valence-electron chi connectivity index (χ0n) is 12.3. The molecule has 1 aromatic carbocycles. The maximum absolute atomic E-state index is 13.2. The van der Waals surface area contributed by atoms with Crippen LogP contribution < -0.4 is 5.32 Å². The number of hydrogen-bond donors (Lipinski definition) is 1. The number of hydrogen-bond acceptors (Lipinski definition) is 4. The third-order valence-corrected chi connectivity index (χ3v) is 4.06. The van der Waals surface area contributed by atoms with Crippen LogP contribution in [-0.2, 0) is 25.5 Å². The van der Waals surface area contributed by atoms with E-state index in [1.165, 1.54) is 0 Å². The van der Waals surface area contributed by atoms with Crippen molar-refractivity contribution in [2.75, 3.05) is 7.05 Å². The average Bonchev–Trinajstić information content (AvgIpc) is 2.77. The third-order valence-electron chi connectivity index (χ3n) is 2.99. The fourth-order valence-corrected chi connectivity index (χ4v) is 2.80. The van der Waals surface area contributed by atoms with Gasteiger partial charge in [0, 0.05) is 12.8 Å². The summed E-state index contributed by atoms with van der Waals surface area (Å²) in [5.74, 6) is -0.0734. The van der Waals surface area contributed by atoms with Crippen molar-refractivity contribution in [3.63, 3.8) is 0 Å². The zero-order valence-corrected chi connectivity index (χ0v) is 13.9. The first-order valence-electron chi connectivity index (χ1n) is 6.34. The molecular weight excluding hydrogens is 356 g/mol. The van der Waals surface area contributed by atoms with Crippen LogP contribution in [0.3, 0.4) is 0 Å². The Hall–Kier alpha value is -1.32. The van der Waals surface area contributed by atoms with Gasteiger partial charge in [-0.15, -0.1) is 22.6 Å². The summed E-state index contributed by atoms with van der Waals surface area (Å²) in [6, 6.07) is 2.47. The molecule has 0 saturated carbocycles. The zero-order chi connectivity index (χ0) is 16.3. The fraction of sp³-hybridized carbons (Fsp3) is 0.385. The first kappa shape index (κ1) is 19.7. The molecule has 0 saturated heterocycles. The summed E-state index contributed by atoms with van der Waals surface area (Å²) in [7, 11) is 3.48. The number of thioether (sulfide) groups is 1. The summed E-state index contributed by atoms with van der Waals surface area (Å²) in [5.41, 5.74) is -0.949. The van der Waals surface area contributed by atoms with E-state index in [9.17, 15) is 17.6 Å². The largest absolute Gasteiger partial charge is 0.416 e. The number of benzene rings is 1. The number of nitrogens with one attached hydrogen (secondary N) is 1. The molecule has 23 heavy (non-hydrogen) atoms. The topological polar surface area (TPSA) is 42.7 Å². The molecule has 0 spiro atoms. The second kappa shape index (κ2) is 7.98. The summed E-state index contributed by atoms with van der Waals surface area (Å²) in [5, 5.41) is 11.3. The minimum atomic E-state index is -4.51. The van der Waals surface area contributed by atoms with Gasteiger partial charge in [-0.25, -0.2) is 4.39 Å². The van der Waals surface area contributed by atoms with E-state index in [0.717, 1.165) is 30.0 Å². The van der Waals surface area contributed by atoms with Gasteiger partial charge in [-0.05, 0) is 30.8 Å². The van der Waals surface area contributed by atoms with Crippen LogP contribution in [0.5, 0.6) is 0 Å². The standard InChI is InChI=1S/C13H14F4N4S.ClH/c1-18-6-11-19-20-12(21(11)2)22-7-8-5-9(14)3-4-10(8)13(15,16)17;/h3-5,18H,6-7H2,1-2H3;1H. The maximum atomic E-state index is 13.2. The van der Waals surface area contributed by atoms with E-state index in [4.69, 9.17) is 0 Å². The summed E-state index contributed by atoms with van der Waals surface area (Å²) >= 11 is 1.08. The van der Waals surface area contributed by atoms with Gasteiger partial charge in [-0.2, -0.15) is 13.2 Å². The van der Waals surface area contributed by atoms with E-state index in [-0.39, 0.29) is 23.7 Å². The van der Waals surface area contributed by atoms with Crippen molar-refractivity contribution in [2.24, 2.45) is 7.05 Å². The lowest BCUT2D eigenvalue weighted by Crippen LogP contribution is -2.11. The van der Waals surface area contributed by atoms with Crippen LogP contribution in [0.2, 0.25) is 0 Å². The SMILES string of the molecule is CNCc1nnc(SCc2cc(F)ccc2C(F)(F)F)n1C.Cl. The lowest BCUT2D eigenvalue weighted by molar-refractivity contribution is -0.138. The number of alkyl halides is 3. The van der Waals surface area contributed by atoms with Crippen molar-refractivity contribution in [3.8, 4) is 0 Å². The molecule has 0 aliphatic heterocycles. The van der Waals surface area contributed by atoms with Crippen LogP contribution in [0, 0.1) is 5.82 Å². The number of halogens is 5. The average molecular weight is 371 g/mol. The molecule has 1 heterocycles. The van der Waals surface area contributed by atoms with E-state index in [1.54, 1.807) is 18.7 Å². The molecule has 2 aromatic rings. The van der Waals surface area contributed by atoms with Crippen molar-refractivity contribution in [1.29, 1.82) is 0 Å². The Morgan fingerprint density at radius 2 is 1.96 bits per heavy atom. The monoisotopic (exact) mass is 370 g/mol. The molecule has 128 valence electrons. The highest BCUT2D eigenvalue weighted by Crippen LogP contribution is 2.35. The van der Waals surface area contributed by atoms with Gasteiger partial charge < -0.3 is 9.88 Å². The van der Waals surface area contributed by atoms with E-state index in [1.807, 2.05) is 0 Å². The van der Waals surface area contributed by atoms with Gasteiger partial charge in [0.15, 0.2) is 5.16 Å². The fourth-order valence-electron chi connectivity index (χ4n) is 1.88. The molecule has 2 rings (SSSR count). The van der Waals surface area contributed by atoms with E-state index >= 15 is 0 Å². The molecule has 0 aliphatic carbocycles. The Labute approximate surface area is 141 Å². The van der Waals surface area contributed by atoms with Gasteiger partial charge in [0.2, 0.25) is 0 Å². The first-order chi connectivity index (χ1) is 10.3. The molecule has 10 heteroatoms. The molecule has 0 radical (unpaired) electrons. The van der Waals surface area contributed by atoms with Crippen LogP contribution in [0.4, 0.5) is 17.6 Å². The number of aromatic nitrogens is 3. The highest BCUT2D eigenvalue weighted by atomic mass is 35.5. The Bertz CT molecular complexity index is 660. The van der Waals surface area contributed by atoms with Crippen LogP contribution in [0.1, 0.15) is 17.0 Å². The van der Waals surface area contributed by atoms with Gasteiger partial charge in [0.25, 0.3) is 0 Å². The normalized spacial score (nSPS) is 11.4. The van der Waals surface area contributed by atoms with Gasteiger partial charge >= 0.3 is 6.18 Å². The van der Waals surface area contributed by atoms with Crippen molar-refractivity contribution >= 4 is 24.2 Å². The molecule has 4 nitrogen and oxygen atoms in total. The molecule has 0 fully saturated rings. The van der Waals surface area contributed by atoms with Crippen molar-refractivity contribution in [2.45, 2.75) is 23.6 Å². The lowest BCUT2D eigenvalue weighted by atomic mass is 10.1. The van der Waals surface area contributed by atoms with Crippen LogP contribution in [0.15, 0.2) is 23.4 Å². The summed E-state index contributed by atoms with van der Waals surface area (Å²) < 4.78 is 53.7. The summed E-state index contributed by atoms with van der Waals surface area (Å²) in [6.45, 7) is 0.498. The van der Waals surface area contributed by atoms with Crippen LogP contribution in [-0.4, -0.2) is 21.8 Å². The van der Waals surface area contributed by atoms with Gasteiger partial charge in [0.05, 0.1) is 12.1 Å². The molecule has 1 aromatic heterocycles. The minimum absolute atomic E-state index is 0. The summed E-state index contributed by atoms with van der Waals surface area (Å²) in [6.07, 6.45) is -4.51. The molecule has 0 unspecified atom stereocenters. The quantitative estimate of drug-likeness (QED) is 0.647. The summed E-state index contributed by atoms with van der Waals surface area (Å²) in [4.78, 5) is 0. The second-order valence-corrected chi connectivity index (χ2v) is 5.52. The van der Waals surface area contributed by atoms with E-state index in [2.05, 4.69) is 15.5 Å². The third kappa shape index (κ3) is 4.82. The molecule has 0 amide bonds. The Morgan fingerprint density at radius 1 is 1.26 bits per heavy atom. The minimum Gasteiger partial charge on any atom is -0.313 e. The van der Waals surface area contributed by atoms with Crippen molar-refractivity contribution in [1.82, 2.24) is 20.1 Å². The molecular formula is C13H15ClF4N4S.